The maximum atomic E-state index is 13.3. The Labute approximate surface area is 186 Å². The van der Waals surface area contributed by atoms with Crippen molar-refractivity contribution < 1.29 is 26.3 Å². The van der Waals surface area contributed by atoms with Gasteiger partial charge in [-0.1, -0.05) is 12.1 Å². The van der Waals surface area contributed by atoms with Gasteiger partial charge in [0.2, 0.25) is 0 Å². The summed E-state index contributed by atoms with van der Waals surface area (Å²) in [6.07, 6.45) is -8.92. The SMILES string of the molecule is FC(F)(F)c1ccc2c(c1)-c1ccsc1C2=C1c2ccc(C(F)(F)F)cc2-c2ccsc21. The van der Waals surface area contributed by atoms with Crippen molar-refractivity contribution in [2.45, 2.75) is 12.4 Å². The van der Waals surface area contributed by atoms with Crippen molar-refractivity contribution in [1.29, 1.82) is 0 Å². The van der Waals surface area contributed by atoms with Crippen LogP contribution in [0.3, 0.4) is 0 Å². The third-order valence-electron chi connectivity index (χ3n) is 5.85. The van der Waals surface area contributed by atoms with Crippen molar-refractivity contribution in [3.05, 3.63) is 91.3 Å². The number of rotatable bonds is 0. The quantitative estimate of drug-likeness (QED) is 0.192. The smallest absolute Gasteiger partial charge is 0.166 e. The predicted octanol–water partition coefficient (Wildman–Crippen LogP) is 8.82. The van der Waals surface area contributed by atoms with E-state index in [1.165, 1.54) is 34.8 Å². The van der Waals surface area contributed by atoms with Crippen molar-refractivity contribution in [1.82, 2.24) is 0 Å². The summed E-state index contributed by atoms with van der Waals surface area (Å²) in [7, 11) is 0. The Morgan fingerprint density at radius 1 is 0.469 bits per heavy atom. The molecule has 0 unspecified atom stereocenters. The Kier molecular flexibility index (Phi) is 3.94. The van der Waals surface area contributed by atoms with Crippen molar-refractivity contribution in [2.75, 3.05) is 0 Å². The topological polar surface area (TPSA) is 0 Å². The number of hydrogen-bond acceptors (Lipinski definition) is 2. The fourth-order valence-electron chi connectivity index (χ4n) is 4.49. The lowest BCUT2D eigenvalue weighted by molar-refractivity contribution is -0.138. The lowest BCUT2D eigenvalue weighted by atomic mass is 9.95. The molecular weight excluding hydrogens is 466 g/mol. The molecule has 4 aromatic rings. The summed E-state index contributed by atoms with van der Waals surface area (Å²) in [5.74, 6) is 0. The molecule has 2 heterocycles. The van der Waals surface area contributed by atoms with E-state index in [-0.39, 0.29) is 0 Å². The Balaban J connectivity index is 1.67. The monoisotopic (exact) mass is 476 g/mol. The third kappa shape index (κ3) is 2.69. The zero-order valence-electron chi connectivity index (χ0n) is 15.9. The molecule has 0 bridgehead atoms. The second-order valence-electron chi connectivity index (χ2n) is 7.59. The average molecular weight is 476 g/mol. The minimum absolute atomic E-state index is 0.497. The molecular formula is C24H10F6S2. The lowest BCUT2D eigenvalue weighted by Gasteiger charge is -2.13. The first-order valence-electron chi connectivity index (χ1n) is 9.48. The maximum Gasteiger partial charge on any atom is 0.416 e. The summed E-state index contributed by atoms with van der Waals surface area (Å²) in [5, 5.41) is 3.65. The largest absolute Gasteiger partial charge is 0.416 e. The predicted molar refractivity (Wildman–Crippen MR) is 115 cm³/mol. The molecule has 2 aromatic heterocycles. The van der Waals surface area contributed by atoms with E-state index < -0.39 is 23.5 Å². The summed E-state index contributed by atoms with van der Waals surface area (Å²) >= 11 is 2.84. The van der Waals surface area contributed by atoms with Crippen molar-refractivity contribution >= 4 is 33.8 Å². The highest BCUT2D eigenvalue weighted by Crippen LogP contribution is 2.57. The van der Waals surface area contributed by atoms with Crippen molar-refractivity contribution in [2.24, 2.45) is 0 Å². The van der Waals surface area contributed by atoms with Gasteiger partial charge in [0.1, 0.15) is 0 Å². The first kappa shape index (κ1) is 19.8. The standard InChI is InChI=1S/C24H10F6S2/c25-23(26,27)11-1-3-13-17(9-11)15-5-7-31-21(15)19(13)20-14-4-2-12(24(28,29)30)10-18(14)16-6-8-32-22(16)20/h1-10H. The first-order chi connectivity index (χ1) is 15.1. The summed E-state index contributed by atoms with van der Waals surface area (Å²) in [5.41, 5.74) is 3.88. The molecule has 8 heteroatoms. The molecule has 0 aliphatic heterocycles. The second kappa shape index (κ2) is 6.36. The fraction of sp³-hybridized carbons (Fsp3) is 0.0833. The van der Waals surface area contributed by atoms with Crippen LogP contribution in [0.25, 0.3) is 33.4 Å². The highest BCUT2D eigenvalue weighted by Gasteiger charge is 2.38. The summed E-state index contributed by atoms with van der Waals surface area (Å²) < 4.78 is 80.1. The van der Waals surface area contributed by atoms with Crippen LogP contribution in [0.1, 0.15) is 32.0 Å². The Morgan fingerprint density at radius 3 is 1.25 bits per heavy atom. The van der Waals surface area contributed by atoms with Crippen molar-refractivity contribution in [3.63, 3.8) is 0 Å². The fourth-order valence-corrected chi connectivity index (χ4v) is 6.44. The van der Waals surface area contributed by atoms with E-state index in [1.807, 2.05) is 10.8 Å². The lowest BCUT2D eigenvalue weighted by Crippen LogP contribution is -2.05. The van der Waals surface area contributed by atoms with E-state index >= 15 is 0 Å². The van der Waals surface area contributed by atoms with Crippen LogP contribution in [-0.2, 0) is 12.4 Å². The zero-order chi connectivity index (χ0) is 22.4. The summed E-state index contributed by atoms with van der Waals surface area (Å²) in [4.78, 5) is 1.67. The number of thiophene rings is 2. The molecule has 0 radical (unpaired) electrons. The number of fused-ring (bicyclic) bond motifs is 6. The number of alkyl halides is 6. The van der Waals surface area contributed by atoms with E-state index in [9.17, 15) is 26.3 Å². The molecule has 2 aromatic carbocycles. The van der Waals surface area contributed by atoms with Crippen LogP contribution >= 0.6 is 22.7 Å². The first-order valence-corrected chi connectivity index (χ1v) is 11.2. The van der Waals surface area contributed by atoms with E-state index in [0.29, 0.717) is 22.3 Å². The van der Waals surface area contributed by atoms with Gasteiger partial charge < -0.3 is 0 Å². The molecule has 2 aliphatic carbocycles. The van der Waals surface area contributed by atoms with Crippen LogP contribution in [0, 0.1) is 0 Å². The van der Waals surface area contributed by atoms with E-state index in [1.54, 1.807) is 12.1 Å². The van der Waals surface area contributed by atoms with Gasteiger partial charge in [0.25, 0.3) is 0 Å². The Bertz CT molecular complexity index is 1340. The third-order valence-corrected chi connectivity index (χ3v) is 7.71. The van der Waals surface area contributed by atoms with Crippen LogP contribution in [0.4, 0.5) is 26.3 Å². The molecule has 160 valence electrons. The minimum atomic E-state index is -4.46. The van der Waals surface area contributed by atoms with Gasteiger partial charge in [0.05, 0.1) is 11.1 Å². The van der Waals surface area contributed by atoms with Gasteiger partial charge in [0, 0.05) is 32.0 Å². The van der Waals surface area contributed by atoms with Crippen LogP contribution in [0.15, 0.2) is 59.3 Å². The summed E-state index contributed by atoms with van der Waals surface area (Å²) in [6.45, 7) is 0. The molecule has 32 heavy (non-hydrogen) atoms. The summed E-state index contributed by atoms with van der Waals surface area (Å²) in [6, 6.07) is 11.0. The molecule has 0 N–H and O–H groups in total. The van der Waals surface area contributed by atoms with Crippen molar-refractivity contribution in [3.8, 4) is 22.3 Å². The number of halogens is 6. The van der Waals surface area contributed by atoms with Gasteiger partial charge in [-0.15, -0.1) is 22.7 Å². The molecule has 2 aliphatic rings. The second-order valence-corrected chi connectivity index (χ2v) is 9.43. The molecule has 0 fully saturated rings. The van der Waals surface area contributed by atoms with Crippen LogP contribution in [0.5, 0.6) is 0 Å². The highest BCUT2D eigenvalue weighted by atomic mass is 32.1. The molecule has 0 atom stereocenters. The highest BCUT2D eigenvalue weighted by molar-refractivity contribution is 7.13. The number of hydrogen-bond donors (Lipinski definition) is 0. The molecule has 6 rings (SSSR count). The normalized spacial score (nSPS) is 16.7. The van der Waals surface area contributed by atoms with E-state index in [4.69, 9.17) is 0 Å². The Hall–Kier alpha value is -2.84. The van der Waals surface area contributed by atoms with Gasteiger partial charge >= 0.3 is 12.4 Å². The molecule has 0 nitrogen and oxygen atoms in total. The van der Waals surface area contributed by atoms with Gasteiger partial charge in [0.15, 0.2) is 0 Å². The zero-order valence-corrected chi connectivity index (χ0v) is 17.5. The van der Waals surface area contributed by atoms with Gasteiger partial charge in [-0.2, -0.15) is 26.3 Å². The van der Waals surface area contributed by atoms with Crippen LogP contribution in [-0.4, -0.2) is 0 Å². The van der Waals surface area contributed by atoms with E-state index in [0.717, 1.165) is 56.3 Å². The van der Waals surface area contributed by atoms with Crippen LogP contribution in [0.2, 0.25) is 0 Å². The van der Waals surface area contributed by atoms with E-state index in [2.05, 4.69) is 0 Å². The van der Waals surface area contributed by atoms with Crippen LogP contribution < -0.4 is 0 Å². The molecule has 0 amide bonds. The molecule has 0 saturated heterocycles. The average Bonchev–Trinajstić information content (AvgIpc) is 3.47. The van der Waals surface area contributed by atoms with Gasteiger partial charge in [-0.3, -0.25) is 0 Å². The van der Waals surface area contributed by atoms with Gasteiger partial charge in [-0.05, 0) is 69.4 Å². The minimum Gasteiger partial charge on any atom is -0.166 e. The number of benzene rings is 2. The Morgan fingerprint density at radius 2 is 0.875 bits per heavy atom. The molecule has 0 saturated carbocycles. The molecule has 0 spiro atoms. The maximum absolute atomic E-state index is 13.3. The van der Waals surface area contributed by atoms with Gasteiger partial charge in [-0.25, -0.2) is 0 Å².